The zero-order valence-electron chi connectivity index (χ0n) is 15.6. The van der Waals surface area contributed by atoms with Gasteiger partial charge in [0, 0.05) is 18.3 Å². The van der Waals surface area contributed by atoms with Crippen LogP contribution in [0.3, 0.4) is 0 Å². The van der Waals surface area contributed by atoms with E-state index in [0.717, 1.165) is 18.5 Å². The maximum atomic E-state index is 12.4. The van der Waals surface area contributed by atoms with E-state index in [1.54, 1.807) is 36.5 Å². The van der Waals surface area contributed by atoms with Gasteiger partial charge in [-0.3, -0.25) is 10.1 Å². The molecule has 8 nitrogen and oxygen atoms in total. The molecule has 0 bridgehead atoms. The first kappa shape index (κ1) is 21.1. The molecule has 0 atom stereocenters. The number of hydrogen-bond donors (Lipinski definition) is 4. The Hall–Kier alpha value is -3.17. The summed E-state index contributed by atoms with van der Waals surface area (Å²) in [4.78, 5) is 12.4. The second-order valence-corrected chi connectivity index (χ2v) is 6.55. The number of allylic oxidation sites excluding steroid dienone is 1. The van der Waals surface area contributed by atoms with Gasteiger partial charge in [-0.05, 0) is 43.7 Å². The Balaban J connectivity index is 2.00. The van der Waals surface area contributed by atoms with Gasteiger partial charge in [0.2, 0.25) is 5.13 Å². The van der Waals surface area contributed by atoms with Crippen LogP contribution in [-0.4, -0.2) is 29.2 Å². The summed E-state index contributed by atoms with van der Waals surface area (Å²) in [6.45, 7) is 6.71. The molecule has 9 heteroatoms. The van der Waals surface area contributed by atoms with Crippen LogP contribution in [0.2, 0.25) is 0 Å². The fourth-order valence-corrected chi connectivity index (χ4v) is 2.91. The number of carbonyl (C=O) groups excluding carboxylic acids is 1. The number of nitrogens with two attached hydrogens (primary N) is 2. The average molecular weight is 401 g/mol. The lowest BCUT2D eigenvalue weighted by molar-refractivity contribution is 0.102. The minimum atomic E-state index is -0.287. The van der Waals surface area contributed by atoms with E-state index in [2.05, 4.69) is 27.4 Å². The summed E-state index contributed by atoms with van der Waals surface area (Å²) in [7, 11) is 0. The highest BCUT2D eigenvalue weighted by atomic mass is 32.1. The van der Waals surface area contributed by atoms with Crippen LogP contribution in [-0.2, 0) is 4.74 Å². The van der Waals surface area contributed by atoms with Gasteiger partial charge in [0.1, 0.15) is 0 Å². The zero-order chi connectivity index (χ0) is 20.4. The summed E-state index contributed by atoms with van der Waals surface area (Å²) in [6.07, 6.45) is 5.66. The number of hydrogen-bond acceptors (Lipinski definition) is 8. The number of rotatable bonds is 10. The Labute approximate surface area is 168 Å². The number of aromatic nitrogens is 2. The first-order valence-corrected chi connectivity index (χ1v) is 9.49. The summed E-state index contributed by atoms with van der Waals surface area (Å²) in [6, 6.07) is 6.97. The van der Waals surface area contributed by atoms with Crippen molar-refractivity contribution >= 4 is 33.8 Å². The molecule has 1 aromatic carbocycles. The molecule has 148 valence electrons. The van der Waals surface area contributed by atoms with E-state index < -0.39 is 0 Å². The third kappa shape index (κ3) is 5.93. The Bertz CT molecular complexity index is 858. The van der Waals surface area contributed by atoms with Crippen LogP contribution in [0.4, 0.5) is 5.13 Å². The lowest BCUT2D eigenvalue weighted by Crippen LogP contribution is -2.14. The second kappa shape index (κ2) is 10.9. The highest BCUT2D eigenvalue weighted by Crippen LogP contribution is 2.24. The van der Waals surface area contributed by atoms with E-state index in [1.807, 2.05) is 6.92 Å². The molecule has 1 amide bonds. The Morgan fingerprint density at radius 1 is 1.29 bits per heavy atom. The third-order valence-electron chi connectivity index (χ3n) is 3.59. The maximum absolute atomic E-state index is 12.4. The molecule has 0 fully saturated rings. The van der Waals surface area contributed by atoms with Crippen molar-refractivity contribution in [1.29, 1.82) is 0 Å². The van der Waals surface area contributed by atoms with E-state index in [4.69, 9.17) is 16.2 Å². The van der Waals surface area contributed by atoms with Crippen molar-refractivity contribution in [1.82, 2.24) is 15.5 Å². The van der Waals surface area contributed by atoms with Crippen molar-refractivity contribution in [3.63, 3.8) is 0 Å². The molecule has 2 aromatic rings. The minimum Gasteiger partial charge on any atom is -0.463 e. The van der Waals surface area contributed by atoms with E-state index >= 15 is 0 Å². The number of anilines is 1. The van der Waals surface area contributed by atoms with Crippen LogP contribution in [0.15, 0.2) is 49.4 Å². The Morgan fingerprint density at radius 2 is 2.00 bits per heavy atom. The smallest absolute Gasteiger partial charge is 0.257 e. The fraction of sp³-hybridized carbons (Fsp3) is 0.211. The number of nitrogens with zero attached hydrogens (tertiary/aromatic N) is 2. The minimum absolute atomic E-state index is 0.287. The van der Waals surface area contributed by atoms with Gasteiger partial charge in [0.05, 0.1) is 12.0 Å². The average Bonchev–Trinajstić information content (AvgIpc) is 3.17. The second-order valence-electron chi connectivity index (χ2n) is 5.58. The van der Waals surface area contributed by atoms with Crippen molar-refractivity contribution in [3.8, 4) is 0 Å². The summed E-state index contributed by atoms with van der Waals surface area (Å²) in [5.74, 6) is 0.240. The predicted octanol–water partition coefficient (Wildman–Crippen LogP) is 2.51. The number of nitrogens with one attached hydrogen (secondary N) is 2. The molecule has 1 aromatic heterocycles. The van der Waals surface area contributed by atoms with Crippen LogP contribution in [0.1, 0.15) is 34.3 Å². The van der Waals surface area contributed by atoms with E-state index in [1.165, 1.54) is 17.6 Å². The summed E-state index contributed by atoms with van der Waals surface area (Å²) < 4.78 is 5.25. The molecule has 0 aliphatic heterocycles. The number of carbonyl (C=O) groups is 1. The Kier molecular flexibility index (Phi) is 8.19. The first-order valence-electron chi connectivity index (χ1n) is 8.67. The van der Waals surface area contributed by atoms with Crippen molar-refractivity contribution in [2.75, 3.05) is 18.4 Å². The van der Waals surface area contributed by atoms with Crippen LogP contribution < -0.4 is 22.1 Å². The van der Waals surface area contributed by atoms with Crippen molar-refractivity contribution in [2.45, 2.75) is 13.3 Å². The lowest BCUT2D eigenvalue weighted by atomic mass is 10.1. The fourth-order valence-electron chi connectivity index (χ4n) is 2.16. The van der Waals surface area contributed by atoms with Gasteiger partial charge >= 0.3 is 0 Å². The van der Waals surface area contributed by atoms with Gasteiger partial charge in [-0.1, -0.05) is 30.0 Å². The predicted molar refractivity (Wildman–Crippen MR) is 113 cm³/mol. The number of ether oxygens (including phenoxy) is 1. The van der Waals surface area contributed by atoms with Gasteiger partial charge in [0.15, 0.2) is 10.8 Å². The largest absolute Gasteiger partial charge is 0.463 e. The topological polar surface area (TPSA) is 128 Å². The monoisotopic (exact) mass is 400 g/mol. The molecule has 0 unspecified atom stereocenters. The molecule has 0 saturated heterocycles. The van der Waals surface area contributed by atoms with Crippen LogP contribution in [0, 0.1) is 0 Å². The molecular weight excluding hydrogens is 376 g/mol. The van der Waals surface area contributed by atoms with Crippen molar-refractivity contribution in [3.05, 3.63) is 65.5 Å². The molecule has 0 spiro atoms. The normalized spacial score (nSPS) is 11.8. The molecule has 2 rings (SSSR count). The highest BCUT2D eigenvalue weighted by Gasteiger charge is 2.13. The van der Waals surface area contributed by atoms with Crippen LogP contribution in [0.5, 0.6) is 0 Å². The lowest BCUT2D eigenvalue weighted by Gasteiger charge is -2.06. The quantitative estimate of drug-likeness (QED) is 0.356. The molecule has 0 radical (unpaired) electrons. The van der Waals surface area contributed by atoms with Gasteiger partial charge in [-0.2, -0.15) is 0 Å². The first-order chi connectivity index (χ1) is 13.6. The van der Waals surface area contributed by atoms with Gasteiger partial charge < -0.3 is 21.5 Å². The Morgan fingerprint density at radius 3 is 2.64 bits per heavy atom. The highest BCUT2D eigenvalue weighted by molar-refractivity contribution is 7.16. The van der Waals surface area contributed by atoms with Gasteiger partial charge in [-0.25, -0.2) is 0 Å². The SMILES string of the molecule is C=CO/C(=C\C)c1nnc(NC(=O)c2ccc(/C(N)=C/NCCCN)cc2)s1. The molecule has 6 N–H and O–H groups in total. The van der Waals surface area contributed by atoms with E-state index in [-0.39, 0.29) is 5.91 Å². The van der Waals surface area contributed by atoms with Crippen molar-refractivity contribution < 1.29 is 9.53 Å². The van der Waals surface area contributed by atoms with E-state index in [0.29, 0.717) is 33.7 Å². The zero-order valence-corrected chi connectivity index (χ0v) is 16.5. The molecule has 1 heterocycles. The summed E-state index contributed by atoms with van der Waals surface area (Å²) in [5.41, 5.74) is 13.3. The van der Waals surface area contributed by atoms with Crippen LogP contribution in [0.25, 0.3) is 11.5 Å². The maximum Gasteiger partial charge on any atom is 0.257 e. The van der Waals surface area contributed by atoms with E-state index in [9.17, 15) is 4.79 Å². The molecule has 0 aliphatic rings. The summed E-state index contributed by atoms with van der Waals surface area (Å²) >= 11 is 1.21. The molecule has 0 saturated carbocycles. The molecule has 0 aliphatic carbocycles. The van der Waals surface area contributed by atoms with Gasteiger partial charge in [-0.15, -0.1) is 10.2 Å². The number of amides is 1. The summed E-state index contributed by atoms with van der Waals surface area (Å²) in [5, 5.41) is 14.7. The van der Waals surface area contributed by atoms with Crippen molar-refractivity contribution in [2.24, 2.45) is 11.5 Å². The molecular formula is C19H24N6O2S. The number of benzene rings is 1. The third-order valence-corrected chi connectivity index (χ3v) is 4.45. The molecule has 28 heavy (non-hydrogen) atoms. The van der Waals surface area contributed by atoms with Crippen LogP contribution >= 0.6 is 11.3 Å². The van der Waals surface area contributed by atoms with Gasteiger partial charge in [0.25, 0.3) is 5.91 Å². The standard InChI is InChI=1S/C19H24N6O2S/c1-3-16(27-4-2)18-24-25-19(28-18)23-17(26)14-8-6-13(7-9-14)15(21)12-22-11-5-10-20/h3-4,6-9,12,22H,2,5,10-11,20-21H2,1H3,(H,23,25,26)/b15-12-,16-3-.